The number of hydrogen-bond donors (Lipinski definition) is 1. The molecule has 33 heavy (non-hydrogen) atoms. The van der Waals surface area contributed by atoms with Crippen molar-refractivity contribution >= 4 is 41.2 Å². The van der Waals surface area contributed by atoms with Crippen LogP contribution in [0, 0.1) is 11.7 Å². The van der Waals surface area contributed by atoms with Crippen LogP contribution in [0.4, 0.5) is 4.39 Å². The third kappa shape index (κ3) is 4.32. The first-order valence-electron chi connectivity index (χ1n) is 11.1. The average molecular weight is 553 g/mol. The van der Waals surface area contributed by atoms with Crippen LogP contribution in [0.5, 0.6) is 11.6 Å². The van der Waals surface area contributed by atoms with E-state index in [4.69, 9.17) is 19.9 Å². The largest absolute Gasteiger partial charge is 0.543 e. The third-order valence-electron chi connectivity index (χ3n) is 7.30. The summed E-state index contributed by atoms with van der Waals surface area (Å²) in [7, 11) is -0.489. The number of halogens is 2. The van der Waals surface area contributed by atoms with E-state index in [2.05, 4.69) is 54.8 Å². The van der Waals surface area contributed by atoms with E-state index in [1.165, 1.54) is 17.8 Å². The van der Waals surface area contributed by atoms with Crippen LogP contribution >= 0.6 is 27.7 Å². The van der Waals surface area contributed by atoms with Gasteiger partial charge in [-0.25, -0.2) is 9.37 Å². The van der Waals surface area contributed by atoms with Gasteiger partial charge in [0.05, 0.1) is 12.6 Å². The number of hydrogen-bond acceptors (Lipinski definition) is 6. The fourth-order valence-corrected chi connectivity index (χ4v) is 6.94. The molecule has 178 valence electrons. The summed E-state index contributed by atoms with van der Waals surface area (Å²) in [5, 5.41) is 0.508. The summed E-state index contributed by atoms with van der Waals surface area (Å²) in [5.41, 5.74) is 8.02. The Morgan fingerprint density at radius 1 is 1.27 bits per heavy atom. The van der Waals surface area contributed by atoms with Crippen LogP contribution in [0.25, 0.3) is 0 Å². The summed E-state index contributed by atoms with van der Waals surface area (Å²) in [5.74, 6) is 1.77. The van der Waals surface area contributed by atoms with Gasteiger partial charge >= 0.3 is 0 Å². The summed E-state index contributed by atoms with van der Waals surface area (Å²) in [4.78, 5) is 9.37. The van der Waals surface area contributed by atoms with Gasteiger partial charge in [-0.1, -0.05) is 32.5 Å². The number of nitrogens with two attached hydrogens (primary N) is 1. The van der Waals surface area contributed by atoms with E-state index in [1.807, 2.05) is 6.07 Å². The van der Waals surface area contributed by atoms with E-state index in [9.17, 15) is 0 Å². The van der Waals surface area contributed by atoms with Gasteiger partial charge in [-0.15, -0.1) is 0 Å². The minimum Gasteiger partial charge on any atom is -0.543 e. The van der Waals surface area contributed by atoms with Crippen molar-refractivity contribution in [2.24, 2.45) is 16.6 Å². The molecule has 5 nitrogen and oxygen atoms in total. The van der Waals surface area contributed by atoms with Gasteiger partial charge in [0.15, 0.2) is 5.17 Å². The number of amidine groups is 1. The van der Waals surface area contributed by atoms with Gasteiger partial charge in [-0.3, -0.25) is 4.99 Å². The molecule has 2 aliphatic rings. The summed E-state index contributed by atoms with van der Waals surface area (Å²) in [6.07, 6.45) is 2.96. The molecule has 1 aliphatic carbocycles. The summed E-state index contributed by atoms with van der Waals surface area (Å²) in [6.45, 7) is 11.0. The fourth-order valence-electron chi connectivity index (χ4n) is 4.42. The van der Waals surface area contributed by atoms with E-state index >= 15 is 4.39 Å². The molecule has 1 aromatic carbocycles. The standard InChI is InChI=1S/C24H31BrFN3O2SSi/c1-23(2,3)33(5,6)31-15-7-8-20(26)18(10-15)24-11-17-16(19(25)12-28-21(17)30-4)9-14(24)13-32-22(27)29-24/h7-8,10,12,14H,9,11,13H2,1-6H3,(H2,27,29)/t14-,24-/m0/s1. The fraction of sp³-hybridized carbons (Fsp3) is 0.500. The first kappa shape index (κ1) is 24.5. The van der Waals surface area contributed by atoms with Gasteiger partial charge in [-0.2, -0.15) is 0 Å². The second-order valence-corrected chi connectivity index (χ2v) is 17.0. The van der Waals surface area contributed by atoms with Gasteiger partial charge < -0.3 is 14.9 Å². The Hall–Kier alpha value is -1.58. The van der Waals surface area contributed by atoms with Crippen molar-refractivity contribution in [2.45, 2.75) is 57.3 Å². The van der Waals surface area contributed by atoms with E-state index < -0.39 is 13.9 Å². The lowest BCUT2D eigenvalue weighted by molar-refractivity contribution is 0.261. The third-order valence-corrected chi connectivity index (χ3v) is 13.3. The highest BCUT2D eigenvalue weighted by atomic mass is 79.9. The van der Waals surface area contributed by atoms with E-state index in [1.54, 1.807) is 19.4 Å². The molecule has 0 fully saturated rings. The normalized spacial score (nSPS) is 22.8. The number of nitrogens with zero attached hydrogens (tertiary/aromatic N) is 2. The SMILES string of the molecule is COc1ncc(Br)c2c1C[C@]1(c3cc(O[Si](C)(C)C(C)(C)C)ccc3F)N=C(N)SC[C@@H]1C2. The first-order valence-corrected chi connectivity index (χ1v) is 15.7. The van der Waals surface area contributed by atoms with Gasteiger partial charge in [0, 0.05) is 39.9 Å². The Labute approximate surface area is 209 Å². The second-order valence-electron chi connectivity index (χ2n) is 10.3. The van der Waals surface area contributed by atoms with Crippen LogP contribution in [0.1, 0.15) is 37.5 Å². The number of aromatic nitrogens is 1. The number of benzene rings is 1. The molecule has 0 unspecified atom stereocenters. The average Bonchev–Trinajstić information content (AvgIpc) is 2.73. The van der Waals surface area contributed by atoms with Crippen molar-refractivity contribution in [3.8, 4) is 11.6 Å². The quantitative estimate of drug-likeness (QED) is 0.468. The van der Waals surface area contributed by atoms with E-state index in [0.29, 0.717) is 28.8 Å². The van der Waals surface area contributed by atoms with Crippen LogP contribution in [0.15, 0.2) is 33.9 Å². The summed E-state index contributed by atoms with van der Waals surface area (Å²) in [6, 6.07) is 5.08. The molecule has 0 saturated heterocycles. The monoisotopic (exact) mass is 551 g/mol. The molecule has 1 aliphatic heterocycles. The molecular formula is C24H31BrFN3O2SSi. The molecular weight excluding hydrogens is 521 g/mol. The second kappa shape index (κ2) is 8.57. The highest BCUT2D eigenvalue weighted by molar-refractivity contribution is 9.10. The smallest absolute Gasteiger partial charge is 0.250 e. The Morgan fingerprint density at radius 3 is 2.67 bits per heavy atom. The Bertz CT molecular complexity index is 1120. The van der Waals surface area contributed by atoms with E-state index in [-0.39, 0.29) is 16.8 Å². The minimum absolute atomic E-state index is 0.0293. The number of rotatable bonds is 4. The van der Waals surface area contributed by atoms with Crippen LogP contribution in [-0.2, 0) is 18.4 Å². The molecule has 0 spiro atoms. The zero-order valence-corrected chi connectivity index (χ0v) is 23.4. The van der Waals surface area contributed by atoms with E-state index in [0.717, 1.165) is 27.8 Å². The van der Waals surface area contributed by atoms with Crippen LogP contribution < -0.4 is 14.9 Å². The molecule has 2 heterocycles. The number of thioether (sulfide) groups is 1. The predicted molar refractivity (Wildman–Crippen MR) is 139 cm³/mol. The van der Waals surface area contributed by atoms with Crippen molar-refractivity contribution in [2.75, 3.05) is 12.9 Å². The summed E-state index contributed by atoms with van der Waals surface area (Å²) >= 11 is 5.18. The van der Waals surface area contributed by atoms with Gasteiger partial charge in [0.2, 0.25) is 14.2 Å². The Balaban J connectivity index is 1.87. The Morgan fingerprint density at radius 2 is 2.00 bits per heavy atom. The van der Waals surface area contributed by atoms with Crippen molar-refractivity contribution in [1.82, 2.24) is 4.98 Å². The van der Waals surface area contributed by atoms with Gasteiger partial charge in [0.1, 0.15) is 11.6 Å². The zero-order chi connectivity index (χ0) is 24.2. The van der Waals surface area contributed by atoms with Crippen molar-refractivity contribution in [3.63, 3.8) is 0 Å². The zero-order valence-electron chi connectivity index (χ0n) is 20.0. The lowest BCUT2D eigenvalue weighted by Gasteiger charge is -2.45. The number of methoxy groups -OCH3 is 1. The number of pyridine rings is 1. The minimum atomic E-state index is -2.10. The van der Waals surface area contributed by atoms with Crippen LogP contribution in [0.3, 0.4) is 0 Å². The molecule has 2 N–H and O–H groups in total. The molecule has 1 aromatic heterocycles. The predicted octanol–water partition coefficient (Wildman–Crippen LogP) is 6.05. The maximum Gasteiger partial charge on any atom is 0.250 e. The maximum absolute atomic E-state index is 15.5. The van der Waals surface area contributed by atoms with Crippen LogP contribution in [0.2, 0.25) is 18.1 Å². The molecule has 0 amide bonds. The molecule has 2 aromatic rings. The van der Waals surface area contributed by atoms with Crippen molar-refractivity contribution in [3.05, 3.63) is 51.4 Å². The number of aliphatic imine (C=N–C) groups is 1. The van der Waals surface area contributed by atoms with Crippen molar-refractivity contribution in [1.29, 1.82) is 0 Å². The molecule has 0 bridgehead atoms. The van der Waals surface area contributed by atoms with Crippen molar-refractivity contribution < 1.29 is 13.6 Å². The van der Waals surface area contributed by atoms with Crippen LogP contribution in [-0.4, -0.2) is 31.3 Å². The molecule has 9 heteroatoms. The highest BCUT2D eigenvalue weighted by Gasteiger charge is 2.49. The number of ether oxygens (including phenoxy) is 1. The highest BCUT2D eigenvalue weighted by Crippen LogP contribution is 2.51. The lowest BCUT2D eigenvalue weighted by Crippen LogP contribution is -2.47. The first-order chi connectivity index (χ1) is 15.4. The van der Waals surface area contributed by atoms with Gasteiger partial charge in [-0.05, 0) is 64.2 Å². The molecule has 0 radical (unpaired) electrons. The lowest BCUT2D eigenvalue weighted by atomic mass is 9.67. The molecule has 2 atom stereocenters. The van der Waals surface area contributed by atoms with Gasteiger partial charge in [0.25, 0.3) is 0 Å². The Kier molecular flexibility index (Phi) is 6.37. The molecule has 4 rings (SSSR count). The maximum atomic E-state index is 15.5. The molecule has 0 saturated carbocycles. The summed E-state index contributed by atoms with van der Waals surface area (Å²) < 4.78 is 28.6. The number of fused-ring (bicyclic) bond motifs is 2. The topological polar surface area (TPSA) is 69.7 Å².